The van der Waals surface area contributed by atoms with Crippen LogP contribution in [-0.4, -0.2) is 83.5 Å². The summed E-state index contributed by atoms with van der Waals surface area (Å²) in [5, 5.41) is 53.7. The zero-order chi connectivity index (χ0) is 24.4. The predicted molar refractivity (Wildman–Crippen MR) is 105 cm³/mol. The van der Waals surface area contributed by atoms with E-state index in [0.29, 0.717) is 20.8 Å². The SMILES string of the molecule is CC(=O)C(O)[C@@H](O)[C@](O)(C(C)=O)[C@@](O)(C(C)=O)[C@](O)(C(C)=O)C(=O)Cc1ccccc1. The van der Waals surface area contributed by atoms with Gasteiger partial charge in [-0.2, -0.15) is 0 Å². The van der Waals surface area contributed by atoms with E-state index in [1.54, 1.807) is 6.07 Å². The second-order valence-electron chi connectivity index (χ2n) is 7.44. The maximum Gasteiger partial charge on any atom is 0.220 e. The van der Waals surface area contributed by atoms with Crippen molar-refractivity contribution in [3.8, 4) is 0 Å². The van der Waals surface area contributed by atoms with Crippen LogP contribution in [0.5, 0.6) is 0 Å². The van der Waals surface area contributed by atoms with Crippen LogP contribution in [0.3, 0.4) is 0 Å². The van der Waals surface area contributed by atoms with Gasteiger partial charge in [-0.15, -0.1) is 0 Å². The van der Waals surface area contributed by atoms with E-state index < -0.39 is 64.3 Å². The minimum atomic E-state index is -3.95. The van der Waals surface area contributed by atoms with Crippen LogP contribution in [0.25, 0.3) is 0 Å². The molecule has 0 heterocycles. The number of aliphatic hydroxyl groups excluding tert-OH is 2. The molecule has 1 unspecified atom stereocenters. The van der Waals surface area contributed by atoms with E-state index in [-0.39, 0.29) is 5.56 Å². The maximum absolute atomic E-state index is 13.0. The number of ketones is 5. The molecular weight excluding hydrogens is 412 g/mol. The molecule has 0 aliphatic rings. The van der Waals surface area contributed by atoms with Gasteiger partial charge in [-0.3, -0.25) is 24.0 Å². The Hall–Kier alpha value is -2.63. The first-order valence-corrected chi connectivity index (χ1v) is 9.24. The van der Waals surface area contributed by atoms with Crippen LogP contribution in [0.15, 0.2) is 30.3 Å². The molecule has 0 fully saturated rings. The van der Waals surface area contributed by atoms with Gasteiger partial charge in [-0.1, -0.05) is 30.3 Å². The van der Waals surface area contributed by atoms with Gasteiger partial charge in [0.05, 0.1) is 0 Å². The molecule has 1 aromatic carbocycles. The van der Waals surface area contributed by atoms with E-state index in [9.17, 15) is 49.5 Å². The lowest BCUT2D eigenvalue weighted by atomic mass is 9.60. The van der Waals surface area contributed by atoms with Crippen LogP contribution in [0.4, 0.5) is 0 Å². The van der Waals surface area contributed by atoms with Crippen molar-refractivity contribution in [1.29, 1.82) is 0 Å². The normalized spacial score (nSPS) is 19.1. The first-order valence-electron chi connectivity index (χ1n) is 9.24. The van der Waals surface area contributed by atoms with E-state index in [4.69, 9.17) is 0 Å². The zero-order valence-corrected chi connectivity index (χ0v) is 17.5. The summed E-state index contributed by atoms with van der Waals surface area (Å²) in [6, 6.07) is 7.57. The molecule has 0 aromatic heterocycles. The lowest BCUT2D eigenvalue weighted by Gasteiger charge is -2.49. The summed E-state index contributed by atoms with van der Waals surface area (Å²) in [5.74, 6) is -7.38. The molecule has 5 N–H and O–H groups in total. The first kappa shape index (κ1) is 26.4. The van der Waals surface area contributed by atoms with Crippen LogP contribution in [-0.2, 0) is 30.4 Å². The van der Waals surface area contributed by atoms with Crippen LogP contribution in [0.1, 0.15) is 33.3 Å². The van der Waals surface area contributed by atoms with Crippen LogP contribution >= 0.6 is 0 Å². The summed E-state index contributed by atoms with van der Waals surface area (Å²) in [6.45, 7) is 2.54. The summed E-state index contributed by atoms with van der Waals surface area (Å²) in [6.07, 6.45) is -6.07. The smallest absolute Gasteiger partial charge is 0.220 e. The van der Waals surface area contributed by atoms with E-state index in [0.717, 1.165) is 6.92 Å². The van der Waals surface area contributed by atoms with Crippen molar-refractivity contribution in [2.75, 3.05) is 0 Å². The second kappa shape index (κ2) is 9.25. The first-order chi connectivity index (χ1) is 14.1. The standard InChI is InChI=1S/C21H26O10/c1-11(22)17(27)18(28)20(30,13(3)24)21(31,14(4)25)19(29,12(2)23)16(26)10-15-8-6-5-7-9-15/h5-9,17-18,27-31H,10H2,1-4H3/t17?,18-,19+,20-,21-/m1/s1. The van der Waals surface area contributed by atoms with Crippen LogP contribution < -0.4 is 0 Å². The van der Waals surface area contributed by atoms with Gasteiger partial charge in [0.1, 0.15) is 12.2 Å². The summed E-state index contributed by atoms with van der Waals surface area (Å²) in [4.78, 5) is 61.8. The van der Waals surface area contributed by atoms with Crippen molar-refractivity contribution in [1.82, 2.24) is 0 Å². The molecule has 0 aliphatic carbocycles. The fourth-order valence-corrected chi connectivity index (χ4v) is 3.49. The fraction of sp³-hybridized carbons (Fsp3) is 0.476. The number of hydrogen-bond donors (Lipinski definition) is 5. The van der Waals surface area contributed by atoms with Gasteiger partial charge in [0.25, 0.3) is 0 Å². The van der Waals surface area contributed by atoms with Crippen molar-refractivity contribution >= 4 is 28.9 Å². The van der Waals surface area contributed by atoms with Crippen LogP contribution in [0, 0.1) is 0 Å². The minimum Gasteiger partial charge on any atom is -0.386 e. The number of benzene rings is 1. The molecule has 0 saturated heterocycles. The average Bonchev–Trinajstić information content (AvgIpc) is 2.70. The highest BCUT2D eigenvalue weighted by molar-refractivity contribution is 6.18. The second-order valence-corrected chi connectivity index (χ2v) is 7.44. The lowest BCUT2D eigenvalue weighted by molar-refractivity contribution is -0.251. The monoisotopic (exact) mass is 438 g/mol. The summed E-state index contributed by atoms with van der Waals surface area (Å²) < 4.78 is 0. The van der Waals surface area contributed by atoms with Gasteiger partial charge in [0, 0.05) is 6.42 Å². The van der Waals surface area contributed by atoms with E-state index >= 15 is 0 Å². The van der Waals surface area contributed by atoms with Gasteiger partial charge in [-0.05, 0) is 33.3 Å². The maximum atomic E-state index is 13.0. The fourth-order valence-electron chi connectivity index (χ4n) is 3.49. The van der Waals surface area contributed by atoms with Gasteiger partial charge in [0.2, 0.25) is 11.2 Å². The average molecular weight is 438 g/mol. The molecule has 5 atom stereocenters. The van der Waals surface area contributed by atoms with Gasteiger partial charge >= 0.3 is 0 Å². The minimum absolute atomic E-state index is 0.258. The zero-order valence-electron chi connectivity index (χ0n) is 17.5. The number of carbonyl (C=O) groups excluding carboxylic acids is 5. The molecule has 0 radical (unpaired) electrons. The number of carbonyl (C=O) groups is 5. The summed E-state index contributed by atoms with van der Waals surface area (Å²) in [5.41, 5.74) is -11.2. The molecule has 0 spiro atoms. The molecule has 1 aromatic rings. The van der Waals surface area contributed by atoms with Crippen LogP contribution in [0.2, 0.25) is 0 Å². The largest absolute Gasteiger partial charge is 0.386 e. The number of hydrogen-bond acceptors (Lipinski definition) is 10. The van der Waals surface area contributed by atoms with E-state index in [2.05, 4.69) is 0 Å². The molecule has 0 saturated carbocycles. The Morgan fingerprint density at radius 2 is 1.29 bits per heavy atom. The quantitative estimate of drug-likeness (QED) is 0.244. The van der Waals surface area contributed by atoms with Crippen molar-refractivity contribution in [3.05, 3.63) is 35.9 Å². The molecule has 10 nitrogen and oxygen atoms in total. The molecule has 0 bridgehead atoms. The molecule has 0 aliphatic heterocycles. The van der Waals surface area contributed by atoms with Crippen molar-refractivity contribution < 1.29 is 49.5 Å². The Balaban J connectivity index is 3.85. The van der Waals surface area contributed by atoms with E-state index in [1.165, 1.54) is 24.3 Å². The Labute approximate surface area is 178 Å². The molecule has 170 valence electrons. The number of rotatable bonds is 11. The summed E-state index contributed by atoms with van der Waals surface area (Å²) in [7, 11) is 0. The Morgan fingerprint density at radius 3 is 1.65 bits per heavy atom. The van der Waals surface area contributed by atoms with Crippen molar-refractivity contribution in [3.63, 3.8) is 0 Å². The lowest BCUT2D eigenvalue weighted by Crippen LogP contribution is -2.82. The third-order valence-corrected chi connectivity index (χ3v) is 5.39. The third kappa shape index (κ3) is 4.12. The molecule has 10 heteroatoms. The highest BCUT2D eigenvalue weighted by Gasteiger charge is 2.74. The Kier molecular flexibility index (Phi) is 7.88. The third-order valence-electron chi connectivity index (χ3n) is 5.39. The van der Waals surface area contributed by atoms with E-state index in [1.807, 2.05) is 0 Å². The van der Waals surface area contributed by atoms with Gasteiger partial charge < -0.3 is 25.5 Å². The highest BCUT2D eigenvalue weighted by Crippen LogP contribution is 2.40. The molecule has 0 amide bonds. The summed E-state index contributed by atoms with van der Waals surface area (Å²) >= 11 is 0. The number of Topliss-reactive ketones (excluding diaryl/α,β-unsaturated/α-hetero) is 5. The highest BCUT2D eigenvalue weighted by atomic mass is 16.4. The Morgan fingerprint density at radius 1 is 0.806 bits per heavy atom. The molecule has 1 rings (SSSR count). The molecular formula is C21H26O10. The molecule has 31 heavy (non-hydrogen) atoms. The van der Waals surface area contributed by atoms with Gasteiger partial charge in [-0.25, -0.2) is 0 Å². The number of aliphatic hydroxyl groups is 5. The Bertz CT molecular complexity index is 895. The van der Waals surface area contributed by atoms with Crippen molar-refractivity contribution in [2.45, 2.75) is 63.1 Å². The topological polar surface area (TPSA) is 186 Å². The predicted octanol–water partition coefficient (Wildman–Crippen LogP) is -1.93. The van der Waals surface area contributed by atoms with Crippen molar-refractivity contribution in [2.24, 2.45) is 0 Å². The van der Waals surface area contributed by atoms with Gasteiger partial charge in [0.15, 0.2) is 34.5 Å².